The number of benzene rings is 2. The SMILES string of the molecule is O=S(=O)(Nc1ccc(O)c(F)c1)c1c(F)cc(F)cc1F. The van der Waals surface area contributed by atoms with Crippen molar-refractivity contribution in [3.05, 3.63) is 53.6 Å². The Morgan fingerprint density at radius 3 is 2.00 bits per heavy atom. The molecule has 0 saturated heterocycles. The first-order valence-electron chi connectivity index (χ1n) is 5.36. The summed E-state index contributed by atoms with van der Waals surface area (Å²) in [5.74, 6) is -6.38. The molecule has 0 amide bonds. The van der Waals surface area contributed by atoms with Crippen molar-refractivity contribution in [3.8, 4) is 5.75 Å². The highest BCUT2D eigenvalue weighted by atomic mass is 32.2. The van der Waals surface area contributed by atoms with Gasteiger partial charge in [-0.3, -0.25) is 4.72 Å². The van der Waals surface area contributed by atoms with Gasteiger partial charge in [0.25, 0.3) is 10.0 Å². The van der Waals surface area contributed by atoms with Crippen LogP contribution in [-0.4, -0.2) is 13.5 Å². The van der Waals surface area contributed by atoms with Crippen LogP contribution in [0.1, 0.15) is 0 Å². The number of hydrogen-bond donors (Lipinski definition) is 2. The smallest absolute Gasteiger partial charge is 0.267 e. The summed E-state index contributed by atoms with van der Waals surface area (Å²) in [5, 5.41) is 8.96. The van der Waals surface area contributed by atoms with Crippen LogP contribution in [0.25, 0.3) is 0 Å². The summed E-state index contributed by atoms with van der Waals surface area (Å²) < 4.78 is 78.1. The molecular weight excluding hydrogens is 314 g/mol. The molecule has 0 fully saturated rings. The normalized spacial score (nSPS) is 11.4. The van der Waals surface area contributed by atoms with Crippen LogP contribution in [0.4, 0.5) is 23.2 Å². The second-order valence-electron chi connectivity index (χ2n) is 3.97. The van der Waals surface area contributed by atoms with Crippen LogP contribution in [0.15, 0.2) is 35.2 Å². The predicted octanol–water partition coefficient (Wildman–Crippen LogP) is 2.75. The molecule has 0 radical (unpaired) electrons. The summed E-state index contributed by atoms with van der Waals surface area (Å²) in [6, 6.07) is 2.86. The average molecular weight is 321 g/mol. The van der Waals surface area contributed by atoms with E-state index in [1.807, 2.05) is 0 Å². The van der Waals surface area contributed by atoms with Gasteiger partial charge in [0.2, 0.25) is 0 Å². The number of phenols is 1. The van der Waals surface area contributed by atoms with Crippen molar-refractivity contribution in [1.82, 2.24) is 0 Å². The van der Waals surface area contributed by atoms with Crippen LogP contribution in [-0.2, 0) is 10.0 Å². The Bertz CT molecular complexity index is 785. The van der Waals surface area contributed by atoms with Gasteiger partial charge in [0.1, 0.15) is 17.5 Å². The van der Waals surface area contributed by atoms with Gasteiger partial charge in [-0.05, 0) is 12.1 Å². The van der Waals surface area contributed by atoms with Crippen LogP contribution in [0, 0.1) is 23.3 Å². The highest BCUT2D eigenvalue weighted by Gasteiger charge is 2.25. The molecule has 0 spiro atoms. The summed E-state index contributed by atoms with van der Waals surface area (Å²) in [6.07, 6.45) is 0. The van der Waals surface area contributed by atoms with Gasteiger partial charge in [0, 0.05) is 18.2 Å². The molecule has 0 aromatic heterocycles. The Morgan fingerprint density at radius 1 is 0.905 bits per heavy atom. The van der Waals surface area contributed by atoms with E-state index in [9.17, 15) is 26.0 Å². The van der Waals surface area contributed by atoms with Crippen molar-refractivity contribution in [1.29, 1.82) is 0 Å². The zero-order valence-corrected chi connectivity index (χ0v) is 10.9. The molecule has 2 N–H and O–H groups in total. The Morgan fingerprint density at radius 2 is 1.48 bits per heavy atom. The van der Waals surface area contributed by atoms with Crippen molar-refractivity contribution in [2.24, 2.45) is 0 Å². The molecule has 21 heavy (non-hydrogen) atoms. The highest BCUT2D eigenvalue weighted by molar-refractivity contribution is 7.92. The fraction of sp³-hybridized carbons (Fsp3) is 0. The van der Waals surface area contributed by atoms with E-state index in [0.717, 1.165) is 12.1 Å². The van der Waals surface area contributed by atoms with Gasteiger partial charge in [-0.15, -0.1) is 0 Å². The number of hydrogen-bond acceptors (Lipinski definition) is 3. The molecule has 112 valence electrons. The van der Waals surface area contributed by atoms with Gasteiger partial charge in [0.15, 0.2) is 16.5 Å². The summed E-state index contributed by atoms with van der Waals surface area (Å²) in [5.41, 5.74) is -0.367. The Labute approximate surface area is 116 Å². The first-order valence-corrected chi connectivity index (χ1v) is 6.85. The minimum atomic E-state index is -4.74. The van der Waals surface area contributed by atoms with E-state index in [2.05, 4.69) is 0 Å². The maximum absolute atomic E-state index is 13.4. The molecule has 0 unspecified atom stereocenters. The van der Waals surface area contributed by atoms with Gasteiger partial charge in [-0.25, -0.2) is 26.0 Å². The standard InChI is InChI=1S/C12H7F4NO3S/c13-6-3-9(15)12(10(16)4-6)21(19,20)17-7-1-2-11(18)8(14)5-7/h1-5,17-18H. The average Bonchev–Trinajstić information content (AvgIpc) is 2.31. The minimum absolute atomic E-state index is 0.203. The van der Waals surface area contributed by atoms with Crippen molar-refractivity contribution < 1.29 is 31.1 Å². The second-order valence-corrected chi connectivity index (χ2v) is 5.59. The number of halogens is 4. The second kappa shape index (κ2) is 5.24. The number of anilines is 1. The zero-order chi connectivity index (χ0) is 15.8. The number of sulfonamides is 1. The molecule has 0 saturated carbocycles. The van der Waals surface area contributed by atoms with E-state index in [-0.39, 0.29) is 17.8 Å². The fourth-order valence-corrected chi connectivity index (χ4v) is 2.73. The Kier molecular flexibility index (Phi) is 3.77. The lowest BCUT2D eigenvalue weighted by molar-refractivity contribution is 0.432. The molecule has 4 nitrogen and oxygen atoms in total. The monoisotopic (exact) mass is 321 g/mol. The van der Waals surface area contributed by atoms with Gasteiger partial charge < -0.3 is 5.11 Å². The largest absolute Gasteiger partial charge is 0.505 e. The third kappa shape index (κ3) is 3.07. The van der Waals surface area contributed by atoms with E-state index in [1.165, 1.54) is 0 Å². The summed E-state index contributed by atoms with van der Waals surface area (Å²) in [6.45, 7) is 0. The summed E-state index contributed by atoms with van der Waals surface area (Å²) in [4.78, 5) is -1.39. The molecule has 0 bridgehead atoms. The summed E-state index contributed by atoms with van der Waals surface area (Å²) >= 11 is 0. The highest BCUT2D eigenvalue weighted by Crippen LogP contribution is 2.25. The third-order valence-corrected chi connectivity index (χ3v) is 3.86. The Hall–Kier alpha value is -2.29. The van der Waals surface area contributed by atoms with E-state index in [1.54, 1.807) is 4.72 Å². The molecule has 2 aromatic carbocycles. The molecule has 2 aromatic rings. The van der Waals surface area contributed by atoms with Crippen molar-refractivity contribution in [2.75, 3.05) is 4.72 Å². The van der Waals surface area contributed by atoms with E-state index >= 15 is 0 Å². The molecule has 0 heterocycles. The van der Waals surface area contributed by atoms with E-state index < -0.39 is 43.9 Å². The number of aromatic hydroxyl groups is 1. The minimum Gasteiger partial charge on any atom is -0.505 e. The molecule has 2 rings (SSSR count). The van der Waals surface area contributed by atoms with Crippen molar-refractivity contribution >= 4 is 15.7 Å². The topological polar surface area (TPSA) is 66.4 Å². The van der Waals surface area contributed by atoms with E-state index in [4.69, 9.17) is 5.11 Å². The first kappa shape index (κ1) is 15.1. The van der Waals surface area contributed by atoms with Crippen LogP contribution >= 0.6 is 0 Å². The van der Waals surface area contributed by atoms with Crippen molar-refractivity contribution in [3.63, 3.8) is 0 Å². The molecule has 0 aliphatic heterocycles. The number of nitrogens with one attached hydrogen (secondary N) is 1. The van der Waals surface area contributed by atoms with Crippen molar-refractivity contribution in [2.45, 2.75) is 4.90 Å². The van der Waals surface area contributed by atoms with Gasteiger partial charge in [-0.2, -0.15) is 0 Å². The van der Waals surface area contributed by atoms with Crippen LogP contribution in [0.2, 0.25) is 0 Å². The molecule has 0 aliphatic carbocycles. The maximum atomic E-state index is 13.4. The molecular formula is C12H7F4NO3S. The number of phenolic OH excluding ortho intramolecular Hbond substituents is 1. The lowest BCUT2D eigenvalue weighted by atomic mass is 10.3. The molecule has 0 atom stereocenters. The van der Waals surface area contributed by atoms with Gasteiger partial charge in [0.05, 0.1) is 5.69 Å². The molecule has 0 aliphatic rings. The lowest BCUT2D eigenvalue weighted by Crippen LogP contribution is -2.16. The number of rotatable bonds is 3. The fourth-order valence-electron chi connectivity index (χ4n) is 1.56. The predicted molar refractivity (Wildman–Crippen MR) is 65.2 cm³/mol. The Balaban J connectivity index is 2.46. The van der Waals surface area contributed by atoms with E-state index in [0.29, 0.717) is 6.07 Å². The van der Waals surface area contributed by atoms with Crippen LogP contribution < -0.4 is 4.72 Å². The van der Waals surface area contributed by atoms with Gasteiger partial charge >= 0.3 is 0 Å². The summed E-state index contributed by atoms with van der Waals surface area (Å²) in [7, 11) is -4.74. The van der Waals surface area contributed by atoms with Crippen LogP contribution in [0.3, 0.4) is 0 Å². The van der Waals surface area contributed by atoms with Gasteiger partial charge in [-0.1, -0.05) is 0 Å². The van der Waals surface area contributed by atoms with Crippen LogP contribution in [0.5, 0.6) is 5.75 Å². The zero-order valence-electron chi connectivity index (χ0n) is 10.1. The first-order chi connectivity index (χ1) is 9.70. The molecule has 9 heteroatoms. The quantitative estimate of drug-likeness (QED) is 0.675. The third-order valence-electron chi connectivity index (χ3n) is 2.43. The lowest BCUT2D eigenvalue weighted by Gasteiger charge is -2.10. The maximum Gasteiger partial charge on any atom is 0.267 e.